The predicted octanol–water partition coefficient (Wildman–Crippen LogP) is -0.255. The van der Waals surface area contributed by atoms with Crippen LogP contribution < -0.4 is 0 Å². The summed E-state index contributed by atoms with van der Waals surface area (Å²) >= 11 is 0. The van der Waals surface area contributed by atoms with E-state index in [0.29, 0.717) is 23.7 Å². The van der Waals surface area contributed by atoms with E-state index < -0.39 is 22.5 Å². The fourth-order valence-corrected chi connectivity index (χ4v) is 2.81. The van der Waals surface area contributed by atoms with Gasteiger partial charge in [0, 0.05) is 6.54 Å². The molecule has 2 fully saturated rings. The third-order valence-electron chi connectivity index (χ3n) is 3.17. The van der Waals surface area contributed by atoms with E-state index in [2.05, 4.69) is 18.9 Å². The average molecular weight is 290 g/mol. The van der Waals surface area contributed by atoms with Crippen LogP contribution in [0.5, 0.6) is 0 Å². The molecule has 104 valence electrons. The fourth-order valence-electron chi connectivity index (χ4n) is 2.43. The number of hydrogen-bond acceptors (Lipinski definition) is 7. The van der Waals surface area contributed by atoms with E-state index in [1.165, 1.54) is 4.90 Å². The van der Waals surface area contributed by atoms with Crippen molar-refractivity contribution in [1.82, 2.24) is 20.1 Å². The lowest BCUT2D eigenvalue weighted by molar-refractivity contribution is -0.0317. The number of nitrogens with zero attached hydrogens (tertiary/aromatic N) is 4. The molecular formula is C8H10N4O6S. The monoisotopic (exact) mass is 290 g/mol. The van der Waals surface area contributed by atoms with Crippen molar-refractivity contribution in [3.05, 3.63) is 12.2 Å². The quantitative estimate of drug-likeness (QED) is 0.755. The number of carbonyl (C=O) groups excluding carboxylic acids is 1. The lowest BCUT2D eigenvalue weighted by Gasteiger charge is -2.27. The van der Waals surface area contributed by atoms with Gasteiger partial charge >= 0.3 is 16.4 Å². The van der Waals surface area contributed by atoms with Gasteiger partial charge in [0.1, 0.15) is 0 Å². The van der Waals surface area contributed by atoms with Gasteiger partial charge in [0.2, 0.25) is 6.39 Å². The molecule has 1 aromatic rings. The van der Waals surface area contributed by atoms with E-state index in [4.69, 9.17) is 4.55 Å². The van der Waals surface area contributed by atoms with Crippen LogP contribution in [0.2, 0.25) is 0 Å². The number of carbonyl (C=O) groups is 1. The summed E-state index contributed by atoms with van der Waals surface area (Å²) in [6.07, 6.45) is 2.23. The Balaban J connectivity index is 1.84. The zero-order chi connectivity index (χ0) is 13.6. The molecule has 0 radical (unpaired) electrons. The Kier molecular flexibility index (Phi) is 2.69. The molecule has 0 saturated carbocycles. The van der Waals surface area contributed by atoms with Crippen molar-refractivity contribution in [2.45, 2.75) is 24.9 Å². The van der Waals surface area contributed by atoms with Gasteiger partial charge in [0.05, 0.1) is 12.1 Å². The Morgan fingerprint density at radius 2 is 2.26 bits per heavy atom. The molecule has 2 amide bonds. The number of hydroxylamine groups is 2. The van der Waals surface area contributed by atoms with Crippen molar-refractivity contribution in [2.75, 3.05) is 6.54 Å². The first-order valence-corrected chi connectivity index (χ1v) is 6.85. The van der Waals surface area contributed by atoms with E-state index in [-0.39, 0.29) is 12.6 Å². The summed E-state index contributed by atoms with van der Waals surface area (Å²) in [6.45, 7) is 0.285. The summed E-state index contributed by atoms with van der Waals surface area (Å²) in [7, 11) is -4.72. The van der Waals surface area contributed by atoms with Crippen LogP contribution in [-0.4, -0.2) is 51.7 Å². The molecule has 0 aromatic carbocycles. The maximum Gasteiger partial charge on any atom is 0.418 e. The fraction of sp³-hybridized carbons (Fsp3) is 0.625. The Morgan fingerprint density at radius 3 is 2.89 bits per heavy atom. The first-order valence-electron chi connectivity index (χ1n) is 5.49. The van der Waals surface area contributed by atoms with Crippen LogP contribution in [0, 0.1) is 0 Å². The van der Waals surface area contributed by atoms with Crippen molar-refractivity contribution < 1.29 is 26.6 Å². The zero-order valence-electron chi connectivity index (χ0n) is 9.54. The Morgan fingerprint density at radius 1 is 1.47 bits per heavy atom. The summed E-state index contributed by atoms with van der Waals surface area (Å²) in [5.41, 5.74) is 0. The number of rotatable bonds is 3. The molecule has 2 aliphatic rings. The average Bonchev–Trinajstić information content (AvgIpc) is 2.93. The Hall–Kier alpha value is -1.72. The third-order valence-corrected chi connectivity index (χ3v) is 3.52. The first kappa shape index (κ1) is 12.3. The molecule has 10 nitrogen and oxygen atoms in total. The van der Waals surface area contributed by atoms with Gasteiger partial charge in [0.15, 0.2) is 5.82 Å². The van der Waals surface area contributed by atoms with Gasteiger partial charge in [0.25, 0.3) is 0 Å². The van der Waals surface area contributed by atoms with Crippen LogP contribution in [0.1, 0.15) is 24.7 Å². The number of urea groups is 1. The van der Waals surface area contributed by atoms with Gasteiger partial charge < -0.3 is 9.42 Å². The number of piperidine rings is 1. The molecule has 2 atom stereocenters. The van der Waals surface area contributed by atoms with Gasteiger partial charge in [-0.05, 0) is 12.8 Å². The lowest BCUT2D eigenvalue weighted by atomic mass is 10.0. The molecule has 1 N–H and O–H groups in total. The van der Waals surface area contributed by atoms with Crippen LogP contribution >= 0.6 is 0 Å². The van der Waals surface area contributed by atoms with E-state index in [9.17, 15) is 13.2 Å². The molecule has 2 aliphatic heterocycles. The molecule has 1 aromatic heterocycles. The van der Waals surface area contributed by atoms with Gasteiger partial charge in [-0.15, -0.1) is 4.28 Å². The van der Waals surface area contributed by atoms with Crippen LogP contribution in [0.3, 0.4) is 0 Å². The third kappa shape index (κ3) is 2.15. The van der Waals surface area contributed by atoms with Crippen molar-refractivity contribution >= 4 is 16.4 Å². The van der Waals surface area contributed by atoms with Gasteiger partial charge in [-0.2, -0.15) is 18.5 Å². The summed E-state index contributed by atoms with van der Waals surface area (Å²) in [5.74, 6) is 0.362. The van der Waals surface area contributed by atoms with Gasteiger partial charge in [-0.25, -0.2) is 4.79 Å². The van der Waals surface area contributed by atoms with Crippen molar-refractivity contribution in [3.8, 4) is 0 Å². The highest BCUT2D eigenvalue weighted by Gasteiger charge is 2.48. The first-order chi connectivity index (χ1) is 8.96. The molecule has 2 saturated heterocycles. The van der Waals surface area contributed by atoms with Gasteiger partial charge in [-0.3, -0.25) is 4.55 Å². The number of fused-ring (bicyclic) bond motifs is 2. The maximum absolute atomic E-state index is 12.0. The number of hydrogen-bond donors (Lipinski definition) is 1. The van der Waals surface area contributed by atoms with Crippen LogP contribution in [0.25, 0.3) is 0 Å². The van der Waals surface area contributed by atoms with E-state index in [0.717, 1.165) is 6.39 Å². The molecule has 0 aliphatic carbocycles. The van der Waals surface area contributed by atoms with E-state index in [1.54, 1.807) is 0 Å². The van der Waals surface area contributed by atoms with E-state index in [1.807, 2.05) is 0 Å². The minimum atomic E-state index is -4.72. The lowest BCUT2D eigenvalue weighted by Crippen LogP contribution is -2.35. The largest absolute Gasteiger partial charge is 0.418 e. The SMILES string of the molecule is O=C1N2CC(CCC2c2ncon2)N1OS(=O)(=O)O. The predicted molar refractivity (Wildman–Crippen MR) is 56.6 cm³/mol. The van der Waals surface area contributed by atoms with Crippen LogP contribution in [0.15, 0.2) is 10.9 Å². The Labute approximate surface area is 107 Å². The van der Waals surface area contributed by atoms with Gasteiger partial charge in [-0.1, -0.05) is 5.16 Å². The van der Waals surface area contributed by atoms with Crippen molar-refractivity contribution in [1.29, 1.82) is 0 Å². The van der Waals surface area contributed by atoms with E-state index >= 15 is 0 Å². The highest BCUT2D eigenvalue weighted by Crippen LogP contribution is 2.37. The second kappa shape index (κ2) is 4.15. The summed E-state index contributed by atoms with van der Waals surface area (Å²) in [4.78, 5) is 17.3. The minimum Gasteiger partial charge on any atom is -0.343 e. The summed E-state index contributed by atoms with van der Waals surface area (Å²) in [6, 6.07) is -1.44. The highest BCUT2D eigenvalue weighted by molar-refractivity contribution is 7.80. The Bertz CT molecular complexity index is 586. The molecule has 11 heteroatoms. The number of amides is 2. The molecule has 19 heavy (non-hydrogen) atoms. The smallest absolute Gasteiger partial charge is 0.343 e. The maximum atomic E-state index is 12.0. The second-order valence-electron chi connectivity index (χ2n) is 4.30. The molecule has 2 bridgehead atoms. The molecule has 0 spiro atoms. The molecule has 3 heterocycles. The molecule has 2 unspecified atom stereocenters. The standard InChI is InChI=1S/C8H10N4O6S/c13-8-11-3-5(12(8)18-19(14,15)16)1-2-6(11)7-9-4-17-10-7/h4-6H,1-3H2,(H,14,15,16). The highest BCUT2D eigenvalue weighted by atomic mass is 32.3. The van der Waals surface area contributed by atoms with Crippen LogP contribution in [-0.2, 0) is 14.7 Å². The summed E-state index contributed by atoms with van der Waals surface area (Å²) < 4.78 is 39.0. The second-order valence-corrected chi connectivity index (χ2v) is 5.30. The summed E-state index contributed by atoms with van der Waals surface area (Å²) in [5, 5.41) is 4.36. The van der Waals surface area contributed by atoms with Crippen molar-refractivity contribution in [2.24, 2.45) is 0 Å². The van der Waals surface area contributed by atoms with Crippen LogP contribution in [0.4, 0.5) is 4.79 Å². The molecule has 3 rings (SSSR count). The van der Waals surface area contributed by atoms with Crippen molar-refractivity contribution in [3.63, 3.8) is 0 Å². The number of aromatic nitrogens is 2. The minimum absolute atomic E-state index is 0.285. The normalized spacial score (nSPS) is 27.1. The topological polar surface area (TPSA) is 126 Å². The molecular weight excluding hydrogens is 280 g/mol. The zero-order valence-corrected chi connectivity index (χ0v) is 10.4.